The molecule has 1 aromatic heterocycles. The van der Waals surface area contributed by atoms with Gasteiger partial charge in [-0.2, -0.15) is 0 Å². The van der Waals surface area contributed by atoms with Gasteiger partial charge in [0.1, 0.15) is 5.82 Å². The molecule has 3 aliphatic rings. The highest BCUT2D eigenvalue weighted by molar-refractivity contribution is 5.74. The summed E-state index contributed by atoms with van der Waals surface area (Å²) in [7, 11) is 4.02. The Hall–Kier alpha value is -2.21. The van der Waals surface area contributed by atoms with E-state index < -0.39 is 5.60 Å². The Balaban J connectivity index is 1.15. The predicted molar refractivity (Wildman–Crippen MR) is 132 cm³/mol. The Bertz CT molecular complexity index is 1030. The van der Waals surface area contributed by atoms with Crippen LogP contribution in [0.4, 0.5) is 0 Å². The Morgan fingerprint density at radius 2 is 1.79 bits per heavy atom. The van der Waals surface area contributed by atoms with Crippen LogP contribution in [-0.2, 0) is 16.8 Å². The topological polar surface area (TPSA) is 61.4 Å². The van der Waals surface area contributed by atoms with Crippen LogP contribution in [-0.4, -0.2) is 52.8 Å². The average Bonchev–Trinajstić information content (AvgIpc) is 3.26. The first kappa shape index (κ1) is 22.6. The second-order valence-electron chi connectivity index (χ2n) is 10.3. The van der Waals surface area contributed by atoms with Gasteiger partial charge in [-0.25, -0.2) is 4.98 Å². The molecule has 1 heterocycles. The van der Waals surface area contributed by atoms with Gasteiger partial charge in [0.15, 0.2) is 0 Å². The molecule has 2 aromatic carbocycles. The van der Waals surface area contributed by atoms with Gasteiger partial charge < -0.3 is 19.7 Å². The van der Waals surface area contributed by atoms with E-state index in [9.17, 15) is 5.11 Å². The highest BCUT2D eigenvalue weighted by Gasteiger charge is 2.57. The number of nitrogens with one attached hydrogen (secondary N) is 1. The van der Waals surface area contributed by atoms with Crippen LogP contribution < -0.4 is 0 Å². The van der Waals surface area contributed by atoms with Crippen LogP contribution in [0.3, 0.4) is 0 Å². The monoisotopic (exact) mass is 447 g/mol. The molecule has 5 nitrogen and oxygen atoms in total. The smallest absolute Gasteiger partial charge is 0.107 e. The predicted octanol–water partition coefficient (Wildman–Crippen LogP) is 4.91. The van der Waals surface area contributed by atoms with Gasteiger partial charge in [0.05, 0.1) is 22.2 Å². The number of H-pyrrole nitrogens is 1. The minimum absolute atomic E-state index is 0.241. The molecule has 5 heteroatoms. The molecular formula is C28H37N3O2. The van der Waals surface area contributed by atoms with Crippen molar-refractivity contribution in [3.8, 4) is 0 Å². The summed E-state index contributed by atoms with van der Waals surface area (Å²) >= 11 is 0. The molecule has 3 aromatic rings. The van der Waals surface area contributed by atoms with E-state index >= 15 is 0 Å². The van der Waals surface area contributed by atoms with Crippen LogP contribution in [0.25, 0.3) is 11.0 Å². The van der Waals surface area contributed by atoms with Crippen molar-refractivity contribution in [1.82, 2.24) is 14.9 Å². The maximum absolute atomic E-state index is 11.7. The molecule has 2 bridgehead atoms. The van der Waals surface area contributed by atoms with Crippen LogP contribution in [0, 0.1) is 11.8 Å². The van der Waals surface area contributed by atoms with Crippen LogP contribution in [0.5, 0.6) is 0 Å². The van der Waals surface area contributed by atoms with Gasteiger partial charge in [0.2, 0.25) is 0 Å². The maximum atomic E-state index is 11.7. The summed E-state index contributed by atoms with van der Waals surface area (Å²) in [4.78, 5) is 10.5. The van der Waals surface area contributed by atoms with E-state index in [0.29, 0.717) is 11.8 Å². The molecule has 4 atom stereocenters. The average molecular weight is 448 g/mol. The van der Waals surface area contributed by atoms with E-state index in [1.165, 1.54) is 5.56 Å². The van der Waals surface area contributed by atoms with Crippen LogP contribution >= 0.6 is 0 Å². The van der Waals surface area contributed by atoms with Gasteiger partial charge in [0, 0.05) is 20.1 Å². The number of para-hydroxylation sites is 2. The van der Waals surface area contributed by atoms with Gasteiger partial charge in [-0.05, 0) is 81.6 Å². The van der Waals surface area contributed by atoms with Crippen molar-refractivity contribution >= 4 is 11.0 Å². The lowest BCUT2D eigenvalue weighted by molar-refractivity contribution is -0.207. The molecule has 3 aliphatic carbocycles. The maximum Gasteiger partial charge on any atom is 0.107 e. The fraction of sp³-hybridized carbons (Fsp3) is 0.536. The molecule has 0 aliphatic heterocycles. The summed E-state index contributed by atoms with van der Waals surface area (Å²) in [6, 6.07) is 18.8. The van der Waals surface area contributed by atoms with Gasteiger partial charge in [-0.15, -0.1) is 0 Å². The molecule has 0 unspecified atom stereocenters. The minimum Gasteiger partial charge on any atom is -0.390 e. The number of aromatic nitrogens is 2. The van der Waals surface area contributed by atoms with Gasteiger partial charge in [-0.1, -0.05) is 42.5 Å². The Labute approximate surface area is 197 Å². The number of nitrogens with zero attached hydrogens (tertiary/aromatic N) is 2. The zero-order valence-electron chi connectivity index (χ0n) is 20.0. The zero-order chi connectivity index (χ0) is 22.9. The number of ether oxygens (including phenoxy) is 1. The molecule has 33 heavy (non-hydrogen) atoms. The summed E-state index contributed by atoms with van der Waals surface area (Å²) in [5.74, 6) is 1.73. The van der Waals surface area contributed by atoms with Gasteiger partial charge in [0.25, 0.3) is 0 Å². The largest absolute Gasteiger partial charge is 0.390 e. The number of hydrogen-bond acceptors (Lipinski definition) is 4. The number of aryl methyl sites for hydroxylation is 1. The lowest BCUT2D eigenvalue weighted by Crippen LogP contribution is -2.58. The Morgan fingerprint density at radius 3 is 2.52 bits per heavy atom. The van der Waals surface area contributed by atoms with E-state index in [1.54, 1.807) is 0 Å². The number of methoxy groups -OCH3 is 1. The first-order chi connectivity index (χ1) is 16.0. The van der Waals surface area contributed by atoms with Crippen molar-refractivity contribution in [2.75, 3.05) is 27.2 Å². The SMILES string of the molecule is CO[C@@]1(c2ccccc2)C[C@H]2CC[C@@H]1C[C@]2(O)CCN(C)CCCc1nc2ccccc2[nH]1. The number of aromatic amines is 1. The number of rotatable bonds is 9. The third-order valence-corrected chi connectivity index (χ3v) is 8.38. The Kier molecular flexibility index (Phi) is 6.30. The quantitative estimate of drug-likeness (QED) is 0.489. The molecule has 0 saturated heterocycles. The van der Waals surface area contributed by atoms with E-state index in [2.05, 4.69) is 64.4 Å². The second kappa shape index (κ2) is 9.21. The lowest BCUT2D eigenvalue weighted by atomic mass is 9.53. The molecule has 2 N–H and O–H groups in total. The number of hydrogen-bond donors (Lipinski definition) is 2. The van der Waals surface area contributed by atoms with Gasteiger partial charge >= 0.3 is 0 Å². The number of imidazole rings is 1. The molecule has 0 amide bonds. The molecule has 0 radical (unpaired) electrons. The lowest BCUT2D eigenvalue weighted by Gasteiger charge is -2.58. The third kappa shape index (κ3) is 4.34. The molecule has 0 spiro atoms. The second-order valence-corrected chi connectivity index (χ2v) is 10.3. The highest BCUT2D eigenvalue weighted by atomic mass is 16.5. The molecule has 3 saturated carbocycles. The highest BCUT2D eigenvalue weighted by Crippen LogP contribution is 2.58. The van der Waals surface area contributed by atoms with Crippen molar-refractivity contribution < 1.29 is 9.84 Å². The van der Waals surface area contributed by atoms with Crippen LogP contribution in [0.1, 0.15) is 49.9 Å². The molecule has 6 rings (SSSR count). The number of fused-ring (bicyclic) bond motifs is 4. The fourth-order valence-electron chi connectivity index (χ4n) is 6.47. The van der Waals surface area contributed by atoms with Crippen molar-refractivity contribution in [1.29, 1.82) is 0 Å². The van der Waals surface area contributed by atoms with E-state index in [4.69, 9.17) is 4.74 Å². The summed E-state index contributed by atoms with van der Waals surface area (Å²) < 4.78 is 6.20. The summed E-state index contributed by atoms with van der Waals surface area (Å²) in [6.07, 6.45) is 6.85. The van der Waals surface area contributed by atoms with Crippen molar-refractivity contribution in [3.63, 3.8) is 0 Å². The van der Waals surface area contributed by atoms with Crippen LogP contribution in [0.2, 0.25) is 0 Å². The van der Waals surface area contributed by atoms with E-state index in [0.717, 1.165) is 74.9 Å². The van der Waals surface area contributed by atoms with Crippen molar-refractivity contribution in [2.45, 2.75) is 56.1 Å². The first-order valence-corrected chi connectivity index (χ1v) is 12.5. The fourth-order valence-corrected chi connectivity index (χ4v) is 6.47. The van der Waals surface area contributed by atoms with Gasteiger partial charge in [-0.3, -0.25) is 0 Å². The third-order valence-electron chi connectivity index (χ3n) is 8.38. The Morgan fingerprint density at radius 1 is 1.03 bits per heavy atom. The molecular weight excluding hydrogens is 410 g/mol. The zero-order valence-corrected chi connectivity index (χ0v) is 20.0. The number of aliphatic hydroxyl groups is 1. The number of benzene rings is 2. The standard InChI is InChI=1S/C28H37N3O2/c1-31(17-8-13-26-29-24-11-6-7-12-25(24)30-26)18-16-27(32)19-23-15-14-22(27)20-28(23,33-2)21-9-4-3-5-10-21/h3-7,9-12,22-23,32H,8,13-20H2,1-2H3,(H,29,30)/t22-,23-,27-,28-/m1/s1. The first-order valence-electron chi connectivity index (χ1n) is 12.5. The molecule has 3 fully saturated rings. The summed E-state index contributed by atoms with van der Waals surface area (Å²) in [5, 5.41) is 11.7. The van der Waals surface area contributed by atoms with Crippen molar-refractivity contribution in [2.24, 2.45) is 11.8 Å². The minimum atomic E-state index is -0.577. The normalized spacial score (nSPS) is 29.2. The van der Waals surface area contributed by atoms with Crippen LogP contribution in [0.15, 0.2) is 54.6 Å². The van der Waals surface area contributed by atoms with E-state index in [-0.39, 0.29) is 5.60 Å². The summed E-state index contributed by atoms with van der Waals surface area (Å²) in [5.41, 5.74) is 2.60. The molecule has 176 valence electrons. The van der Waals surface area contributed by atoms with Crippen molar-refractivity contribution in [3.05, 3.63) is 66.0 Å². The van der Waals surface area contributed by atoms with E-state index in [1.807, 2.05) is 19.2 Å². The summed E-state index contributed by atoms with van der Waals surface area (Å²) in [6.45, 7) is 1.93.